The monoisotopic (exact) mass is 490 g/mol. The van der Waals surface area contributed by atoms with Crippen LogP contribution in [-0.4, -0.2) is 43.8 Å². The van der Waals surface area contributed by atoms with Crippen molar-refractivity contribution in [2.24, 2.45) is 5.73 Å². The van der Waals surface area contributed by atoms with Crippen LogP contribution in [0, 0.1) is 15.5 Å². The average molecular weight is 491 g/mol. The van der Waals surface area contributed by atoms with Crippen LogP contribution >= 0.6 is 0 Å². The molecule has 0 saturated carbocycles. The van der Waals surface area contributed by atoms with E-state index in [1.54, 1.807) is 34.9 Å². The van der Waals surface area contributed by atoms with Crippen molar-refractivity contribution in [3.05, 3.63) is 68.5 Å². The van der Waals surface area contributed by atoms with E-state index in [1.165, 1.54) is 31.4 Å². The number of rotatable bonds is 9. The third-order valence-corrected chi connectivity index (χ3v) is 7.26. The average Bonchev–Trinajstić information content (AvgIpc) is 2.86. The maximum Gasteiger partial charge on any atom is 0.277 e. The molecule has 2 atom stereocenters. The Morgan fingerprint density at radius 1 is 1.11 bits per heavy atom. The largest absolute Gasteiger partial charge is 0.384 e. The fraction of sp³-hybridized carbons (Fsp3) is 0.444. The second kappa shape index (κ2) is 11.0. The van der Waals surface area contributed by atoms with Gasteiger partial charge in [-0.25, -0.2) is 4.98 Å². The molecule has 4 rings (SSSR count). The molecule has 36 heavy (non-hydrogen) atoms. The number of likely N-dealkylation sites (tertiary alicyclic amines) is 1. The second-order valence-electron chi connectivity index (χ2n) is 9.77. The Balaban J connectivity index is 1.61. The predicted molar refractivity (Wildman–Crippen MR) is 142 cm³/mol. The molecule has 1 aromatic heterocycles. The molecule has 1 saturated heterocycles. The molecule has 0 spiro atoms. The van der Waals surface area contributed by atoms with Crippen molar-refractivity contribution in [3.63, 3.8) is 0 Å². The number of nitrogens with one attached hydrogen (secondary N) is 1. The number of nitrogens with zero attached hydrogens (tertiary/aromatic N) is 4. The highest BCUT2D eigenvalue weighted by Gasteiger charge is 2.23. The van der Waals surface area contributed by atoms with Crippen molar-refractivity contribution < 1.29 is 4.92 Å². The molecule has 9 nitrogen and oxygen atoms in total. The van der Waals surface area contributed by atoms with Gasteiger partial charge in [-0.05, 0) is 58.2 Å². The number of unbranched alkanes of at least 4 members (excludes halogenated alkanes) is 2. The normalized spacial score (nSPS) is 18.4. The fourth-order valence-electron chi connectivity index (χ4n) is 5.24. The van der Waals surface area contributed by atoms with E-state index >= 15 is 0 Å². The number of aryl methyl sites for hydroxylation is 1. The van der Waals surface area contributed by atoms with Crippen LogP contribution in [0.3, 0.4) is 0 Å². The molecule has 2 heterocycles. The van der Waals surface area contributed by atoms with Crippen molar-refractivity contribution >= 4 is 22.6 Å². The molecule has 3 N–H and O–H groups in total. The molecule has 0 aliphatic carbocycles. The van der Waals surface area contributed by atoms with Crippen molar-refractivity contribution in [1.82, 2.24) is 14.5 Å². The van der Waals surface area contributed by atoms with Crippen molar-refractivity contribution in [2.45, 2.75) is 71.0 Å². The van der Waals surface area contributed by atoms with Crippen LogP contribution in [-0.2, 0) is 6.54 Å². The maximum atomic E-state index is 13.6. The number of aromatic nitrogens is 2. The SMILES string of the molecule is CC1CCCC(C)N1CCCCCn1c(=O)c(-c2cccc(C(=N)N)c2)nc2ccc([N+](=O)[O-])cc21. The van der Waals surface area contributed by atoms with Gasteiger partial charge in [-0.1, -0.05) is 31.0 Å². The third-order valence-electron chi connectivity index (χ3n) is 7.26. The van der Waals surface area contributed by atoms with Crippen LogP contribution in [0.4, 0.5) is 5.69 Å². The molecule has 0 radical (unpaired) electrons. The van der Waals surface area contributed by atoms with Crippen molar-refractivity contribution in [3.8, 4) is 11.3 Å². The first kappa shape index (κ1) is 25.5. The van der Waals surface area contributed by atoms with Crippen molar-refractivity contribution in [1.29, 1.82) is 5.41 Å². The lowest BCUT2D eigenvalue weighted by Crippen LogP contribution is -2.44. The molecule has 9 heteroatoms. The number of non-ortho nitro benzene ring substituents is 1. The van der Waals surface area contributed by atoms with E-state index in [0.29, 0.717) is 40.8 Å². The van der Waals surface area contributed by atoms with Gasteiger partial charge in [-0.2, -0.15) is 0 Å². The molecule has 0 amide bonds. The first-order valence-electron chi connectivity index (χ1n) is 12.7. The topological polar surface area (TPSA) is 131 Å². The summed E-state index contributed by atoms with van der Waals surface area (Å²) < 4.78 is 1.61. The number of nitro benzene ring substituents is 1. The summed E-state index contributed by atoms with van der Waals surface area (Å²) in [6.07, 6.45) is 6.56. The molecule has 0 bridgehead atoms. The summed E-state index contributed by atoms with van der Waals surface area (Å²) in [5, 5.41) is 19.1. The molecule has 2 unspecified atom stereocenters. The Bertz CT molecular complexity index is 1320. The van der Waals surface area contributed by atoms with Gasteiger partial charge in [-0.3, -0.25) is 25.2 Å². The van der Waals surface area contributed by atoms with E-state index in [2.05, 4.69) is 23.7 Å². The number of nitrogen functional groups attached to an aromatic ring is 1. The molecule has 1 fully saturated rings. The van der Waals surface area contributed by atoms with Gasteiger partial charge < -0.3 is 10.3 Å². The standard InChI is InChI=1S/C27H34N6O3/c1-18-8-6-9-19(2)31(18)14-4-3-5-15-32-24-17-22(33(35)36)12-13-23(24)30-25(27(32)34)20-10-7-11-21(16-20)26(28)29/h7,10-13,16-19H,3-6,8-9,14-15H2,1-2H3,(H3,28,29). The summed E-state index contributed by atoms with van der Waals surface area (Å²) in [6, 6.07) is 12.5. The number of hydrogen-bond donors (Lipinski definition) is 2. The van der Waals surface area contributed by atoms with Gasteiger partial charge in [0.15, 0.2) is 0 Å². The zero-order valence-corrected chi connectivity index (χ0v) is 20.9. The summed E-state index contributed by atoms with van der Waals surface area (Å²) in [5.41, 5.74) is 7.55. The third kappa shape index (κ3) is 5.46. The van der Waals surface area contributed by atoms with Crippen LogP contribution in [0.25, 0.3) is 22.3 Å². The first-order chi connectivity index (χ1) is 17.3. The van der Waals surface area contributed by atoms with Crippen molar-refractivity contribution in [2.75, 3.05) is 6.54 Å². The Morgan fingerprint density at radius 3 is 2.53 bits per heavy atom. The zero-order valence-electron chi connectivity index (χ0n) is 20.9. The molecule has 1 aliphatic rings. The van der Waals surface area contributed by atoms with Gasteiger partial charge in [0.1, 0.15) is 11.5 Å². The summed E-state index contributed by atoms with van der Waals surface area (Å²) in [5.74, 6) is -0.0917. The van der Waals surface area contributed by atoms with E-state index in [4.69, 9.17) is 11.1 Å². The summed E-state index contributed by atoms with van der Waals surface area (Å²) >= 11 is 0. The maximum absolute atomic E-state index is 13.6. The van der Waals surface area contributed by atoms with Crippen LogP contribution in [0.5, 0.6) is 0 Å². The highest BCUT2D eigenvalue weighted by molar-refractivity contribution is 5.96. The molecule has 2 aromatic carbocycles. The minimum absolute atomic E-state index is 0.0724. The highest BCUT2D eigenvalue weighted by Crippen LogP contribution is 2.24. The highest BCUT2D eigenvalue weighted by atomic mass is 16.6. The van der Waals surface area contributed by atoms with Crippen LogP contribution in [0.15, 0.2) is 47.3 Å². The lowest BCUT2D eigenvalue weighted by molar-refractivity contribution is -0.384. The van der Waals surface area contributed by atoms with Gasteiger partial charge in [0.05, 0.1) is 16.0 Å². The van der Waals surface area contributed by atoms with Crippen LogP contribution in [0.2, 0.25) is 0 Å². The Hall–Kier alpha value is -3.59. The molecule has 1 aliphatic heterocycles. The molecule has 190 valence electrons. The quantitative estimate of drug-likeness (QED) is 0.147. The number of piperidine rings is 1. The number of amidine groups is 1. The van der Waals surface area contributed by atoms with E-state index in [1.807, 2.05) is 0 Å². The van der Waals surface area contributed by atoms with Gasteiger partial charge in [-0.15, -0.1) is 0 Å². The zero-order chi connectivity index (χ0) is 25.8. The minimum atomic E-state index is -0.459. The lowest BCUT2D eigenvalue weighted by Gasteiger charge is -2.39. The summed E-state index contributed by atoms with van der Waals surface area (Å²) in [6.45, 7) is 6.09. The Morgan fingerprint density at radius 2 is 1.83 bits per heavy atom. The van der Waals surface area contributed by atoms with E-state index in [9.17, 15) is 14.9 Å². The van der Waals surface area contributed by atoms with Crippen LogP contribution < -0.4 is 11.3 Å². The summed E-state index contributed by atoms with van der Waals surface area (Å²) in [7, 11) is 0. The van der Waals surface area contributed by atoms with E-state index in [0.717, 1.165) is 25.8 Å². The summed E-state index contributed by atoms with van der Waals surface area (Å²) in [4.78, 5) is 31.7. The van der Waals surface area contributed by atoms with Crippen LogP contribution in [0.1, 0.15) is 57.9 Å². The van der Waals surface area contributed by atoms with Gasteiger partial charge >= 0.3 is 0 Å². The molecule has 3 aromatic rings. The number of nitrogens with two attached hydrogens (primary N) is 1. The number of benzene rings is 2. The van der Waals surface area contributed by atoms with E-state index in [-0.39, 0.29) is 22.8 Å². The van der Waals surface area contributed by atoms with Gasteiger partial charge in [0.2, 0.25) is 0 Å². The number of nitro groups is 1. The smallest absolute Gasteiger partial charge is 0.277 e. The minimum Gasteiger partial charge on any atom is -0.384 e. The van der Waals surface area contributed by atoms with Gasteiger partial charge in [0.25, 0.3) is 11.2 Å². The first-order valence-corrected chi connectivity index (χ1v) is 12.7. The fourth-order valence-corrected chi connectivity index (χ4v) is 5.24. The Labute approximate surface area is 210 Å². The molecular formula is C27H34N6O3. The lowest BCUT2D eigenvalue weighted by atomic mass is 9.97. The predicted octanol–water partition coefficient (Wildman–Crippen LogP) is 4.69. The number of hydrogen-bond acceptors (Lipinski definition) is 6. The molecular weight excluding hydrogens is 456 g/mol. The second-order valence-corrected chi connectivity index (χ2v) is 9.77. The van der Waals surface area contributed by atoms with E-state index < -0.39 is 4.92 Å². The van der Waals surface area contributed by atoms with Gasteiger partial charge in [0, 0.05) is 41.9 Å². The Kier molecular flexibility index (Phi) is 7.79. The number of fused-ring (bicyclic) bond motifs is 1.